The molecule has 0 saturated carbocycles. The maximum Gasteiger partial charge on any atom is 0.271 e. The lowest BCUT2D eigenvalue weighted by atomic mass is 10.2. The molecule has 118 valence electrons. The predicted molar refractivity (Wildman–Crippen MR) is 93.0 cm³/mol. The molecule has 0 atom stereocenters. The zero-order chi connectivity index (χ0) is 16.7. The third kappa shape index (κ3) is 2.75. The van der Waals surface area contributed by atoms with Crippen molar-refractivity contribution < 1.29 is 4.79 Å². The van der Waals surface area contributed by atoms with Crippen molar-refractivity contribution in [2.45, 2.75) is 20.8 Å². The summed E-state index contributed by atoms with van der Waals surface area (Å²) in [4.78, 5) is 30.8. The maximum atomic E-state index is 12.6. The highest BCUT2D eigenvalue weighted by Crippen LogP contribution is 2.21. The molecule has 0 spiro atoms. The van der Waals surface area contributed by atoms with Crippen molar-refractivity contribution in [1.29, 1.82) is 0 Å². The van der Waals surface area contributed by atoms with Gasteiger partial charge in [0.25, 0.3) is 11.5 Å². The zero-order valence-corrected chi connectivity index (χ0v) is 14.4. The first-order valence-electron chi connectivity index (χ1n) is 6.93. The number of anilines is 1. The van der Waals surface area contributed by atoms with E-state index < -0.39 is 5.91 Å². The molecule has 0 aliphatic heterocycles. The molecule has 0 saturated heterocycles. The molecular formula is C16H14ClN3O2S. The number of nitrogens with zero attached hydrogens (tertiary/aromatic N) is 2. The van der Waals surface area contributed by atoms with E-state index in [2.05, 4.69) is 10.3 Å². The lowest BCUT2D eigenvalue weighted by Gasteiger charge is -2.08. The molecule has 2 heterocycles. The van der Waals surface area contributed by atoms with Crippen molar-refractivity contribution in [3.8, 4) is 0 Å². The molecule has 5 nitrogen and oxygen atoms in total. The SMILES string of the molecule is Cc1cc(Cl)ccc1NC(=O)c1cnc2sc(C)c(C)n2c1=O. The number of aryl methyl sites for hydroxylation is 3. The van der Waals surface area contributed by atoms with E-state index in [9.17, 15) is 9.59 Å². The molecule has 2 aromatic heterocycles. The van der Waals surface area contributed by atoms with Crippen LogP contribution in [0.15, 0.2) is 29.2 Å². The van der Waals surface area contributed by atoms with Crippen LogP contribution in [0.1, 0.15) is 26.5 Å². The molecule has 1 aromatic carbocycles. The van der Waals surface area contributed by atoms with Crippen LogP contribution in [0, 0.1) is 20.8 Å². The Labute approximate surface area is 141 Å². The van der Waals surface area contributed by atoms with Crippen LogP contribution >= 0.6 is 22.9 Å². The Hall–Kier alpha value is -2.18. The van der Waals surface area contributed by atoms with Crippen molar-refractivity contribution in [3.63, 3.8) is 0 Å². The number of hydrogen-bond acceptors (Lipinski definition) is 4. The first kappa shape index (κ1) is 15.7. The fraction of sp³-hybridized carbons (Fsp3) is 0.188. The van der Waals surface area contributed by atoms with Gasteiger partial charge in [0.15, 0.2) is 4.96 Å². The van der Waals surface area contributed by atoms with Gasteiger partial charge < -0.3 is 5.32 Å². The molecule has 0 unspecified atom stereocenters. The topological polar surface area (TPSA) is 63.5 Å². The van der Waals surface area contributed by atoms with Gasteiger partial charge in [-0.1, -0.05) is 11.6 Å². The Morgan fingerprint density at radius 2 is 2.04 bits per heavy atom. The molecule has 3 aromatic rings. The smallest absolute Gasteiger partial charge is 0.271 e. The second kappa shape index (κ2) is 5.79. The summed E-state index contributed by atoms with van der Waals surface area (Å²) in [6, 6.07) is 5.14. The number of carbonyl (C=O) groups is 1. The van der Waals surface area contributed by atoms with Gasteiger partial charge in [-0.05, 0) is 44.5 Å². The van der Waals surface area contributed by atoms with Crippen LogP contribution in [-0.2, 0) is 0 Å². The lowest BCUT2D eigenvalue weighted by Crippen LogP contribution is -2.27. The third-order valence-corrected chi connectivity index (χ3v) is 5.01. The summed E-state index contributed by atoms with van der Waals surface area (Å²) in [5, 5.41) is 3.33. The molecule has 0 fully saturated rings. The molecule has 7 heteroatoms. The number of halogens is 1. The fourth-order valence-corrected chi connectivity index (χ4v) is 3.44. The number of aromatic nitrogens is 2. The van der Waals surface area contributed by atoms with Crippen LogP contribution in [0.2, 0.25) is 5.02 Å². The Kier molecular flexibility index (Phi) is 3.95. The molecule has 0 aliphatic rings. The summed E-state index contributed by atoms with van der Waals surface area (Å²) >= 11 is 7.33. The highest BCUT2D eigenvalue weighted by Gasteiger charge is 2.17. The molecule has 0 aliphatic carbocycles. The van der Waals surface area contributed by atoms with Crippen molar-refractivity contribution in [1.82, 2.24) is 9.38 Å². The Morgan fingerprint density at radius 3 is 2.74 bits per heavy atom. The van der Waals surface area contributed by atoms with E-state index in [4.69, 9.17) is 11.6 Å². The molecule has 0 bridgehead atoms. The van der Waals surface area contributed by atoms with E-state index in [-0.39, 0.29) is 11.1 Å². The van der Waals surface area contributed by atoms with E-state index in [1.165, 1.54) is 21.9 Å². The number of rotatable bonds is 2. The van der Waals surface area contributed by atoms with Crippen LogP contribution in [0.3, 0.4) is 0 Å². The summed E-state index contributed by atoms with van der Waals surface area (Å²) in [6.45, 7) is 5.60. The molecule has 0 radical (unpaired) electrons. The van der Waals surface area contributed by atoms with Gasteiger partial charge in [0, 0.05) is 27.5 Å². The number of nitrogens with one attached hydrogen (secondary N) is 1. The highest BCUT2D eigenvalue weighted by atomic mass is 35.5. The van der Waals surface area contributed by atoms with Crippen LogP contribution in [-0.4, -0.2) is 15.3 Å². The van der Waals surface area contributed by atoms with Gasteiger partial charge in [-0.25, -0.2) is 4.98 Å². The Morgan fingerprint density at radius 1 is 1.30 bits per heavy atom. The quantitative estimate of drug-likeness (QED) is 0.770. The number of benzene rings is 1. The monoisotopic (exact) mass is 347 g/mol. The minimum absolute atomic E-state index is 0.0118. The van der Waals surface area contributed by atoms with Gasteiger partial charge >= 0.3 is 0 Å². The first-order chi connectivity index (χ1) is 10.9. The zero-order valence-electron chi connectivity index (χ0n) is 12.8. The van der Waals surface area contributed by atoms with Crippen molar-refractivity contribution in [2.24, 2.45) is 0 Å². The summed E-state index contributed by atoms with van der Waals surface area (Å²) in [6.07, 6.45) is 1.33. The van der Waals surface area contributed by atoms with E-state index in [1.54, 1.807) is 18.2 Å². The minimum Gasteiger partial charge on any atom is -0.322 e. The Bertz CT molecular complexity index is 991. The van der Waals surface area contributed by atoms with Gasteiger partial charge in [-0.15, -0.1) is 11.3 Å². The number of amides is 1. The largest absolute Gasteiger partial charge is 0.322 e. The third-order valence-electron chi connectivity index (χ3n) is 3.70. The van der Waals surface area contributed by atoms with Crippen molar-refractivity contribution in [2.75, 3.05) is 5.32 Å². The fourth-order valence-electron chi connectivity index (χ4n) is 2.29. The van der Waals surface area contributed by atoms with E-state index in [0.29, 0.717) is 15.7 Å². The van der Waals surface area contributed by atoms with Gasteiger partial charge in [-0.2, -0.15) is 0 Å². The second-order valence-corrected chi connectivity index (χ2v) is 6.87. The Balaban J connectivity index is 2.03. The van der Waals surface area contributed by atoms with E-state index >= 15 is 0 Å². The van der Waals surface area contributed by atoms with Gasteiger partial charge in [0.2, 0.25) is 0 Å². The highest BCUT2D eigenvalue weighted by molar-refractivity contribution is 7.17. The molecule has 1 N–H and O–H groups in total. The lowest BCUT2D eigenvalue weighted by molar-refractivity contribution is 0.102. The van der Waals surface area contributed by atoms with Crippen LogP contribution in [0.4, 0.5) is 5.69 Å². The maximum absolute atomic E-state index is 12.6. The molecule has 23 heavy (non-hydrogen) atoms. The summed E-state index contributed by atoms with van der Waals surface area (Å²) in [5.41, 5.74) is 1.89. The number of carbonyl (C=O) groups excluding carboxylic acids is 1. The van der Waals surface area contributed by atoms with Crippen molar-refractivity contribution >= 4 is 39.5 Å². The van der Waals surface area contributed by atoms with Crippen LogP contribution in [0.5, 0.6) is 0 Å². The predicted octanol–water partition coefficient (Wildman–Crippen LogP) is 3.59. The van der Waals surface area contributed by atoms with Crippen LogP contribution < -0.4 is 10.9 Å². The summed E-state index contributed by atoms with van der Waals surface area (Å²) < 4.78 is 1.48. The van der Waals surface area contributed by atoms with Crippen molar-refractivity contribution in [3.05, 3.63) is 61.5 Å². The van der Waals surface area contributed by atoms with Crippen LogP contribution in [0.25, 0.3) is 4.96 Å². The minimum atomic E-state index is -0.481. The van der Waals surface area contributed by atoms with E-state index in [1.807, 2.05) is 20.8 Å². The molecule has 3 rings (SSSR count). The van der Waals surface area contributed by atoms with Gasteiger partial charge in [0.05, 0.1) is 0 Å². The number of fused-ring (bicyclic) bond motifs is 1. The average Bonchev–Trinajstić information content (AvgIpc) is 2.78. The average molecular weight is 348 g/mol. The standard InChI is InChI=1S/C16H14ClN3O2S/c1-8-6-11(17)4-5-13(8)19-14(21)12-7-18-16-20(15(12)22)9(2)10(3)23-16/h4-7H,1-3H3,(H,19,21). The second-order valence-electron chi connectivity index (χ2n) is 5.25. The molecular weight excluding hydrogens is 334 g/mol. The van der Waals surface area contributed by atoms with E-state index in [0.717, 1.165) is 16.1 Å². The van der Waals surface area contributed by atoms with Gasteiger partial charge in [-0.3, -0.25) is 14.0 Å². The van der Waals surface area contributed by atoms with Gasteiger partial charge in [0.1, 0.15) is 5.56 Å². The normalized spacial score (nSPS) is 11.0. The first-order valence-corrected chi connectivity index (χ1v) is 8.13. The molecule has 1 amide bonds. The summed E-state index contributed by atoms with van der Waals surface area (Å²) in [5.74, 6) is -0.481. The summed E-state index contributed by atoms with van der Waals surface area (Å²) in [7, 11) is 0. The number of thiazole rings is 1. The number of hydrogen-bond donors (Lipinski definition) is 1.